The van der Waals surface area contributed by atoms with Gasteiger partial charge < -0.3 is 11.5 Å². The van der Waals surface area contributed by atoms with Gasteiger partial charge in [0.25, 0.3) is 0 Å². The first kappa shape index (κ1) is 14.9. The molecule has 0 aromatic heterocycles. The first-order valence-corrected chi connectivity index (χ1v) is 7.35. The van der Waals surface area contributed by atoms with Gasteiger partial charge in [0.1, 0.15) is 4.90 Å². The standard InChI is InChI=1S/C10H14BrN3O3S/c1-6(4-10(13)15)14-18(16,17)9-5-7(11)2-3-8(9)12/h2-3,5-6,14H,4,12H2,1H3,(H2,13,15). The molecule has 0 aliphatic rings. The number of primary amides is 1. The minimum absolute atomic E-state index is 0.0341. The third-order valence-corrected chi connectivity index (χ3v) is 4.27. The number of rotatable bonds is 5. The highest BCUT2D eigenvalue weighted by Gasteiger charge is 2.21. The van der Waals surface area contributed by atoms with Crippen LogP contribution < -0.4 is 16.2 Å². The van der Waals surface area contributed by atoms with Crippen LogP contribution in [0.5, 0.6) is 0 Å². The Hall–Kier alpha value is -1.12. The van der Waals surface area contributed by atoms with Crippen LogP contribution in [0.1, 0.15) is 13.3 Å². The van der Waals surface area contributed by atoms with Crippen molar-refractivity contribution in [3.8, 4) is 0 Å². The predicted octanol–water partition coefficient (Wildman–Crippen LogP) is 0.573. The van der Waals surface area contributed by atoms with E-state index in [1.807, 2.05) is 0 Å². The van der Waals surface area contributed by atoms with Crippen LogP contribution in [0.2, 0.25) is 0 Å². The zero-order valence-corrected chi connectivity index (χ0v) is 12.1. The second-order valence-electron chi connectivity index (χ2n) is 3.87. The molecule has 1 atom stereocenters. The molecule has 0 bridgehead atoms. The fraction of sp³-hybridized carbons (Fsp3) is 0.300. The molecule has 8 heteroatoms. The zero-order valence-electron chi connectivity index (χ0n) is 9.68. The largest absolute Gasteiger partial charge is 0.398 e. The first-order valence-electron chi connectivity index (χ1n) is 5.08. The summed E-state index contributed by atoms with van der Waals surface area (Å²) in [6.45, 7) is 1.55. The third kappa shape index (κ3) is 3.97. The molecule has 0 heterocycles. The van der Waals surface area contributed by atoms with E-state index in [1.165, 1.54) is 12.1 Å². The van der Waals surface area contributed by atoms with Crippen molar-refractivity contribution in [1.29, 1.82) is 0 Å². The second kappa shape index (κ2) is 5.68. The van der Waals surface area contributed by atoms with Crippen LogP contribution in [0.25, 0.3) is 0 Å². The number of amides is 1. The summed E-state index contributed by atoms with van der Waals surface area (Å²) in [5, 5.41) is 0. The summed E-state index contributed by atoms with van der Waals surface area (Å²) in [4.78, 5) is 10.7. The quantitative estimate of drug-likeness (QED) is 0.682. The van der Waals surface area contributed by atoms with Gasteiger partial charge in [0.15, 0.2) is 0 Å². The van der Waals surface area contributed by atoms with Crippen molar-refractivity contribution in [1.82, 2.24) is 4.72 Å². The van der Waals surface area contributed by atoms with Crippen molar-refractivity contribution in [3.05, 3.63) is 22.7 Å². The second-order valence-corrected chi connectivity index (χ2v) is 6.47. The van der Waals surface area contributed by atoms with Gasteiger partial charge >= 0.3 is 0 Å². The molecule has 1 aromatic rings. The SMILES string of the molecule is CC(CC(N)=O)NS(=O)(=O)c1cc(Br)ccc1N. The van der Waals surface area contributed by atoms with E-state index in [2.05, 4.69) is 20.7 Å². The summed E-state index contributed by atoms with van der Waals surface area (Å²) < 4.78 is 27.0. The van der Waals surface area contributed by atoms with Crippen molar-refractivity contribution < 1.29 is 13.2 Å². The molecule has 6 nitrogen and oxygen atoms in total. The van der Waals surface area contributed by atoms with Gasteiger partial charge in [-0.3, -0.25) is 4.79 Å². The lowest BCUT2D eigenvalue weighted by atomic mass is 10.2. The van der Waals surface area contributed by atoms with Gasteiger partial charge in [-0.15, -0.1) is 0 Å². The van der Waals surface area contributed by atoms with Crippen LogP contribution in [0.3, 0.4) is 0 Å². The van der Waals surface area contributed by atoms with Crippen molar-refractivity contribution in [2.45, 2.75) is 24.3 Å². The van der Waals surface area contributed by atoms with E-state index in [0.29, 0.717) is 4.47 Å². The van der Waals surface area contributed by atoms with Gasteiger partial charge in [0.05, 0.1) is 5.69 Å². The predicted molar refractivity (Wildman–Crippen MR) is 72.1 cm³/mol. The van der Waals surface area contributed by atoms with Crippen molar-refractivity contribution in [3.63, 3.8) is 0 Å². The van der Waals surface area contributed by atoms with Crippen molar-refractivity contribution in [2.24, 2.45) is 5.73 Å². The number of carbonyl (C=O) groups excluding carboxylic acids is 1. The van der Waals surface area contributed by atoms with E-state index in [4.69, 9.17) is 11.5 Å². The Morgan fingerprint density at radius 3 is 2.67 bits per heavy atom. The Labute approximate surface area is 114 Å². The Morgan fingerprint density at radius 2 is 2.11 bits per heavy atom. The number of halogens is 1. The Balaban J connectivity index is 2.99. The highest BCUT2D eigenvalue weighted by Crippen LogP contribution is 2.23. The fourth-order valence-electron chi connectivity index (χ4n) is 1.41. The molecule has 1 unspecified atom stereocenters. The van der Waals surface area contributed by atoms with Crippen LogP contribution in [0.15, 0.2) is 27.6 Å². The van der Waals surface area contributed by atoms with Gasteiger partial charge in [0.2, 0.25) is 15.9 Å². The van der Waals surface area contributed by atoms with E-state index < -0.39 is 22.0 Å². The molecular weight excluding hydrogens is 322 g/mol. The molecule has 18 heavy (non-hydrogen) atoms. The Kier molecular flexibility index (Phi) is 4.71. The number of hydrogen-bond donors (Lipinski definition) is 3. The normalized spacial score (nSPS) is 13.2. The number of nitrogens with two attached hydrogens (primary N) is 2. The Bertz CT molecular complexity index is 559. The monoisotopic (exact) mass is 335 g/mol. The third-order valence-electron chi connectivity index (χ3n) is 2.13. The minimum atomic E-state index is -3.77. The summed E-state index contributed by atoms with van der Waals surface area (Å²) in [7, 11) is -3.77. The van der Waals surface area contributed by atoms with Crippen LogP contribution >= 0.6 is 15.9 Å². The molecule has 0 spiro atoms. The molecule has 1 amide bonds. The summed E-state index contributed by atoms with van der Waals surface area (Å²) in [5.41, 5.74) is 10.8. The highest BCUT2D eigenvalue weighted by molar-refractivity contribution is 9.10. The number of nitrogens with one attached hydrogen (secondary N) is 1. The molecule has 100 valence electrons. The number of sulfonamides is 1. The van der Waals surface area contributed by atoms with Crippen LogP contribution in [-0.2, 0) is 14.8 Å². The maximum absolute atomic E-state index is 12.0. The molecule has 0 fully saturated rings. The van der Waals surface area contributed by atoms with Crippen LogP contribution in [0, 0.1) is 0 Å². The van der Waals surface area contributed by atoms with Crippen LogP contribution in [0.4, 0.5) is 5.69 Å². The lowest BCUT2D eigenvalue weighted by Gasteiger charge is -2.14. The van der Waals surface area contributed by atoms with E-state index in [0.717, 1.165) is 0 Å². The van der Waals surface area contributed by atoms with Gasteiger partial charge in [-0.1, -0.05) is 15.9 Å². The van der Waals surface area contributed by atoms with Gasteiger partial charge in [0, 0.05) is 16.9 Å². The van der Waals surface area contributed by atoms with Gasteiger partial charge in [-0.25, -0.2) is 13.1 Å². The summed E-state index contributed by atoms with van der Waals surface area (Å²) >= 11 is 3.17. The maximum Gasteiger partial charge on any atom is 0.242 e. The van der Waals surface area contributed by atoms with Crippen LogP contribution in [-0.4, -0.2) is 20.4 Å². The molecule has 0 aliphatic heterocycles. The number of anilines is 1. The molecule has 0 radical (unpaired) electrons. The first-order chi connectivity index (χ1) is 8.22. The molecule has 1 aromatic carbocycles. The van der Waals surface area contributed by atoms with Gasteiger partial charge in [-0.05, 0) is 25.1 Å². The fourth-order valence-corrected chi connectivity index (χ4v) is 3.33. The number of benzene rings is 1. The van der Waals surface area contributed by atoms with E-state index in [9.17, 15) is 13.2 Å². The molecule has 0 saturated heterocycles. The molecule has 1 rings (SSSR count). The lowest BCUT2D eigenvalue weighted by Crippen LogP contribution is -2.36. The molecule has 5 N–H and O–H groups in total. The zero-order chi connectivity index (χ0) is 13.9. The average Bonchev–Trinajstić information content (AvgIpc) is 2.19. The average molecular weight is 336 g/mol. The number of carbonyl (C=O) groups is 1. The van der Waals surface area contributed by atoms with E-state index in [1.54, 1.807) is 13.0 Å². The van der Waals surface area contributed by atoms with Gasteiger partial charge in [-0.2, -0.15) is 0 Å². The number of hydrogen-bond acceptors (Lipinski definition) is 4. The molecule has 0 saturated carbocycles. The minimum Gasteiger partial charge on any atom is -0.398 e. The van der Waals surface area contributed by atoms with E-state index >= 15 is 0 Å². The topological polar surface area (TPSA) is 115 Å². The molecular formula is C10H14BrN3O3S. The maximum atomic E-state index is 12.0. The smallest absolute Gasteiger partial charge is 0.242 e. The van der Waals surface area contributed by atoms with Crippen molar-refractivity contribution in [2.75, 3.05) is 5.73 Å². The van der Waals surface area contributed by atoms with E-state index in [-0.39, 0.29) is 17.0 Å². The highest BCUT2D eigenvalue weighted by atomic mass is 79.9. The van der Waals surface area contributed by atoms with Crippen molar-refractivity contribution >= 4 is 37.5 Å². The molecule has 0 aliphatic carbocycles. The summed E-state index contributed by atoms with van der Waals surface area (Å²) in [6.07, 6.45) is -0.0763. The summed E-state index contributed by atoms with van der Waals surface area (Å²) in [5.74, 6) is -0.576. The lowest BCUT2D eigenvalue weighted by molar-refractivity contribution is -0.118. The number of nitrogen functional groups attached to an aromatic ring is 1. The Morgan fingerprint density at radius 1 is 1.50 bits per heavy atom. The summed E-state index contributed by atoms with van der Waals surface area (Å²) in [6, 6.07) is 3.93.